The van der Waals surface area contributed by atoms with Gasteiger partial charge < -0.3 is 10.3 Å². The molecule has 0 radical (unpaired) electrons. The number of nitrogens with zero attached hydrogens (tertiary/aromatic N) is 2. The molecule has 168 valence electrons. The van der Waals surface area contributed by atoms with Crippen LogP contribution in [0.3, 0.4) is 0 Å². The molecule has 1 heterocycles. The van der Waals surface area contributed by atoms with E-state index in [2.05, 4.69) is 50.0 Å². The second kappa shape index (κ2) is 7.88. The van der Waals surface area contributed by atoms with Gasteiger partial charge in [-0.25, -0.2) is 0 Å². The second-order valence-electron chi connectivity index (χ2n) is 10.5. The molecule has 2 aliphatic carbocycles. The topological polar surface area (TPSA) is 82.8 Å². The molecule has 0 atom stereocenters. The molecule has 0 saturated carbocycles. The Hall–Kier alpha value is -2.95. The molecule has 32 heavy (non-hydrogen) atoms. The molecule has 0 amide bonds. The number of aliphatic hydroxyl groups excluding tert-OH is 1. The maximum atomic E-state index is 12.3. The molecule has 4 rings (SSSR count). The first-order chi connectivity index (χ1) is 15.0. The minimum Gasteiger partial charge on any atom is -0.512 e. The van der Waals surface area contributed by atoms with Crippen molar-refractivity contribution in [1.82, 2.24) is 4.98 Å². The van der Waals surface area contributed by atoms with E-state index in [-0.39, 0.29) is 22.4 Å². The largest absolute Gasteiger partial charge is 0.512 e. The van der Waals surface area contributed by atoms with E-state index in [0.717, 1.165) is 24.0 Å². The summed E-state index contributed by atoms with van der Waals surface area (Å²) >= 11 is 0. The van der Waals surface area contributed by atoms with E-state index in [9.17, 15) is 15.1 Å². The number of pyridine rings is 1. The molecule has 1 aromatic heterocycles. The molecule has 0 saturated heterocycles. The molecule has 0 aliphatic heterocycles. The molecule has 2 aromatic rings. The van der Waals surface area contributed by atoms with Crippen LogP contribution in [0.25, 0.3) is 5.57 Å². The van der Waals surface area contributed by atoms with Crippen molar-refractivity contribution in [3.8, 4) is 0 Å². The predicted molar refractivity (Wildman–Crippen MR) is 127 cm³/mol. The highest BCUT2D eigenvalue weighted by molar-refractivity contribution is 6.22. The Balaban J connectivity index is 1.77. The zero-order valence-electron chi connectivity index (χ0n) is 19.6. The lowest BCUT2D eigenvalue weighted by atomic mass is 9.62. The van der Waals surface area contributed by atoms with Crippen LogP contribution in [-0.2, 0) is 15.6 Å². The predicted octanol–water partition coefficient (Wildman–Crippen LogP) is 5.99. The van der Waals surface area contributed by atoms with Crippen LogP contribution in [0.5, 0.6) is 0 Å². The number of benzene rings is 1. The van der Waals surface area contributed by atoms with Crippen molar-refractivity contribution in [1.29, 1.82) is 0 Å². The number of aromatic nitrogens is 1. The number of fused-ring (bicyclic) bond motifs is 1. The van der Waals surface area contributed by atoms with Crippen LogP contribution >= 0.6 is 0 Å². The van der Waals surface area contributed by atoms with E-state index in [0.29, 0.717) is 41.8 Å². The number of carbonyl (C=O) groups excluding carboxylic acids is 1. The minimum absolute atomic E-state index is 0.0382. The first-order valence-corrected chi connectivity index (χ1v) is 11.4. The summed E-state index contributed by atoms with van der Waals surface area (Å²) in [5, 5.41) is 23.8. The zero-order valence-corrected chi connectivity index (χ0v) is 19.6. The number of aryl methyl sites for hydroxylation is 1. The SMILES string of the molecule is Cc1cc2c(cc1/C(=N\O)c1ccc(C3=C(O)CCCC3=O)cn1)C(C)(C)CCC2(C)C. The van der Waals surface area contributed by atoms with Crippen LogP contribution in [0.1, 0.15) is 93.3 Å². The van der Waals surface area contributed by atoms with Crippen LogP contribution in [0.2, 0.25) is 0 Å². The first-order valence-electron chi connectivity index (χ1n) is 11.4. The molecule has 5 heteroatoms. The van der Waals surface area contributed by atoms with Crippen molar-refractivity contribution in [2.75, 3.05) is 0 Å². The van der Waals surface area contributed by atoms with Gasteiger partial charge in [0.2, 0.25) is 0 Å². The Morgan fingerprint density at radius 3 is 2.25 bits per heavy atom. The Labute approximate surface area is 189 Å². The zero-order chi connectivity index (χ0) is 23.3. The van der Waals surface area contributed by atoms with E-state index in [1.807, 2.05) is 6.92 Å². The normalized spacial score (nSPS) is 20.3. The molecule has 5 nitrogen and oxygen atoms in total. The van der Waals surface area contributed by atoms with Gasteiger partial charge in [-0.2, -0.15) is 0 Å². The van der Waals surface area contributed by atoms with E-state index >= 15 is 0 Å². The molecule has 1 aromatic carbocycles. The molecular weight excluding hydrogens is 400 g/mol. The lowest BCUT2D eigenvalue weighted by Gasteiger charge is -2.42. The number of allylic oxidation sites excluding steroid dienone is 2. The number of rotatable bonds is 3. The summed E-state index contributed by atoms with van der Waals surface area (Å²) in [5.74, 6) is 0.0666. The fourth-order valence-electron chi connectivity index (χ4n) is 5.06. The van der Waals surface area contributed by atoms with Crippen LogP contribution in [0.15, 0.2) is 41.4 Å². The lowest BCUT2D eigenvalue weighted by molar-refractivity contribution is -0.114. The Kier molecular flexibility index (Phi) is 5.48. The van der Waals surface area contributed by atoms with Gasteiger partial charge in [0.15, 0.2) is 5.78 Å². The number of hydrogen-bond donors (Lipinski definition) is 2. The third kappa shape index (κ3) is 3.74. The number of ketones is 1. The number of aliphatic hydroxyl groups is 1. The molecule has 0 bridgehead atoms. The number of hydrogen-bond acceptors (Lipinski definition) is 5. The lowest BCUT2D eigenvalue weighted by Crippen LogP contribution is -2.34. The van der Waals surface area contributed by atoms with Crippen molar-refractivity contribution in [2.24, 2.45) is 5.16 Å². The maximum Gasteiger partial charge on any atom is 0.166 e. The highest BCUT2D eigenvalue weighted by atomic mass is 16.4. The smallest absolute Gasteiger partial charge is 0.166 e. The average molecular weight is 433 g/mol. The van der Waals surface area contributed by atoms with Crippen LogP contribution in [-0.4, -0.2) is 26.8 Å². The van der Waals surface area contributed by atoms with Gasteiger partial charge in [-0.15, -0.1) is 0 Å². The molecule has 0 unspecified atom stereocenters. The monoisotopic (exact) mass is 432 g/mol. The number of Topliss-reactive ketones (excluding diaryl/α,β-unsaturated/α-hetero) is 1. The van der Waals surface area contributed by atoms with Crippen molar-refractivity contribution in [2.45, 2.75) is 77.6 Å². The highest BCUT2D eigenvalue weighted by Gasteiger charge is 2.37. The van der Waals surface area contributed by atoms with Crippen LogP contribution < -0.4 is 0 Å². The number of oxime groups is 1. The van der Waals surface area contributed by atoms with Gasteiger partial charge in [0, 0.05) is 30.2 Å². The highest BCUT2D eigenvalue weighted by Crippen LogP contribution is 2.46. The van der Waals surface area contributed by atoms with Gasteiger partial charge in [-0.05, 0) is 65.8 Å². The van der Waals surface area contributed by atoms with Gasteiger partial charge in [0.1, 0.15) is 11.5 Å². The van der Waals surface area contributed by atoms with Gasteiger partial charge in [-0.3, -0.25) is 9.78 Å². The Bertz CT molecular complexity index is 1140. The first kappa shape index (κ1) is 22.3. The third-order valence-electron chi connectivity index (χ3n) is 7.23. The fourth-order valence-corrected chi connectivity index (χ4v) is 5.06. The molecule has 2 aliphatic rings. The standard InChI is InChI=1S/C27H32N2O3/c1-16-13-19-20(27(4,5)12-11-26(19,2)3)14-18(16)25(29-32)21-10-9-17(15-28-21)24-22(30)7-6-8-23(24)31/h9-10,13-15,30,32H,6-8,11-12H2,1-5H3/b29-25+. The molecule has 0 spiro atoms. The van der Waals surface area contributed by atoms with Gasteiger partial charge in [0.25, 0.3) is 0 Å². The maximum absolute atomic E-state index is 12.3. The quantitative estimate of drug-likeness (QED) is 0.355. The molecular formula is C27H32N2O3. The van der Waals surface area contributed by atoms with E-state index < -0.39 is 0 Å². The molecule has 2 N–H and O–H groups in total. The average Bonchev–Trinajstić information content (AvgIpc) is 2.74. The summed E-state index contributed by atoms with van der Waals surface area (Å²) in [4.78, 5) is 16.8. The fraction of sp³-hybridized carbons (Fsp3) is 0.444. The van der Waals surface area contributed by atoms with Crippen LogP contribution in [0, 0.1) is 6.92 Å². The summed E-state index contributed by atoms with van der Waals surface area (Å²) in [7, 11) is 0. The summed E-state index contributed by atoms with van der Waals surface area (Å²) in [6.45, 7) is 11.2. The minimum atomic E-state index is -0.0604. The van der Waals surface area contributed by atoms with Crippen molar-refractivity contribution in [3.63, 3.8) is 0 Å². The second-order valence-corrected chi connectivity index (χ2v) is 10.5. The van der Waals surface area contributed by atoms with Gasteiger partial charge >= 0.3 is 0 Å². The van der Waals surface area contributed by atoms with Gasteiger partial charge in [-0.1, -0.05) is 45.0 Å². The Morgan fingerprint density at radius 2 is 1.69 bits per heavy atom. The van der Waals surface area contributed by atoms with E-state index in [1.54, 1.807) is 18.3 Å². The summed E-state index contributed by atoms with van der Waals surface area (Å²) in [5.41, 5.74) is 6.56. The van der Waals surface area contributed by atoms with Crippen LogP contribution in [0.4, 0.5) is 0 Å². The summed E-state index contributed by atoms with van der Waals surface area (Å²) < 4.78 is 0. The van der Waals surface area contributed by atoms with Gasteiger partial charge in [0.05, 0.1) is 11.3 Å². The van der Waals surface area contributed by atoms with Crippen molar-refractivity contribution < 1.29 is 15.1 Å². The van der Waals surface area contributed by atoms with E-state index in [1.165, 1.54) is 11.1 Å². The summed E-state index contributed by atoms with van der Waals surface area (Å²) in [6.07, 6.45) is 5.43. The van der Waals surface area contributed by atoms with Crippen molar-refractivity contribution >= 4 is 17.1 Å². The number of carbonyl (C=O) groups is 1. The third-order valence-corrected chi connectivity index (χ3v) is 7.23. The molecule has 0 fully saturated rings. The van der Waals surface area contributed by atoms with Crippen molar-refractivity contribution in [3.05, 3.63) is 69.7 Å². The van der Waals surface area contributed by atoms with E-state index in [4.69, 9.17) is 0 Å². The Morgan fingerprint density at radius 1 is 1.03 bits per heavy atom. The summed E-state index contributed by atoms with van der Waals surface area (Å²) in [6, 6.07) is 7.91.